The highest BCUT2D eigenvalue weighted by Gasteiger charge is 2.38. The molecule has 3 aliphatic heterocycles. The number of hydrogen-bond acceptors (Lipinski definition) is 24. The first-order chi connectivity index (χ1) is 55.7. The van der Waals surface area contributed by atoms with E-state index >= 15 is 0 Å². The smallest absolute Gasteiger partial charge is 0.340 e. The van der Waals surface area contributed by atoms with Gasteiger partial charge in [-0.1, -0.05) is 127 Å². The molecule has 0 radical (unpaired) electrons. The van der Waals surface area contributed by atoms with Crippen molar-refractivity contribution in [3.63, 3.8) is 0 Å². The van der Waals surface area contributed by atoms with Crippen LogP contribution in [0.1, 0.15) is 175 Å². The van der Waals surface area contributed by atoms with Crippen LogP contribution < -0.4 is 32.0 Å². The van der Waals surface area contributed by atoms with Gasteiger partial charge >= 0.3 is 17.3 Å². The summed E-state index contributed by atoms with van der Waals surface area (Å²) in [5.41, 5.74) is 12.6. The minimum Gasteiger partial charge on any atom is -0.340 e. The molecule has 115 heavy (non-hydrogen) atoms. The maximum absolute atomic E-state index is 11.8. The summed E-state index contributed by atoms with van der Waals surface area (Å²) < 4.78 is 26.5. The number of aryl methyl sites for hydroxylation is 1. The highest BCUT2D eigenvalue weighted by atomic mass is 35.5. The average Bonchev–Trinajstić information content (AvgIpc) is 1.61. The molecule has 30 nitrogen and oxygen atoms in total. The fourth-order valence-corrected chi connectivity index (χ4v) is 18.9. The number of imidazole rings is 3. The van der Waals surface area contributed by atoms with Crippen LogP contribution in [-0.2, 0) is 19.6 Å². The quantitative estimate of drug-likeness (QED) is 0.0809. The van der Waals surface area contributed by atoms with E-state index in [4.69, 9.17) is 82.9 Å². The van der Waals surface area contributed by atoms with Gasteiger partial charge in [0.05, 0.1) is 71.3 Å². The molecular weight excluding hydrogens is 1530 g/mol. The Morgan fingerprint density at radius 1 is 0.409 bits per heavy atom. The van der Waals surface area contributed by atoms with Gasteiger partial charge in [-0.2, -0.15) is 0 Å². The number of halogens is 3. The third-order valence-electron chi connectivity index (χ3n) is 24.4. The van der Waals surface area contributed by atoms with Crippen molar-refractivity contribution in [2.24, 2.45) is 41.4 Å². The number of nitrogens with one attached hydrogen (secondary N) is 3. The predicted molar refractivity (Wildman–Crippen MR) is 439 cm³/mol. The van der Waals surface area contributed by atoms with Crippen LogP contribution in [0.3, 0.4) is 0 Å². The van der Waals surface area contributed by atoms with E-state index in [0.29, 0.717) is 79.3 Å². The second-order valence-corrected chi connectivity index (χ2v) is 34.4. The summed E-state index contributed by atoms with van der Waals surface area (Å²) in [5.74, 6) is 6.30. The number of rotatable bonds is 16. The Morgan fingerprint density at radius 3 is 1.15 bits per heavy atom. The maximum atomic E-state index is 11.8. The summed E-state index contributed by atoms with van der Waals surface area (Å²) in [5, 5.41) is 21.5. The van der Waals surface area contributed by atoms with E-state index in [0.717, 1.165) is 187 Å². The minimum atomic E-state index is -0.651. The van der Waals surface area contributed by atoms with Gasteiger partial charge in [0.1, 0.15) is 28.5 Å². The first-order valence-corrected chi connectivity index (χ1v) is 41.7. The van der Waals surface area contributed by atoms with Gasteiger partial charge in [-0.15, -0.1) is 0 Å². The molecule has 0 aromatic carbocycles. The number of H-pyrrole nitrogens is 3. The van der Waals surface area contributed by atoms with Crippen LogP contribution in [0.5, 0.6) is 0 Å². The van der Waals surface area contributed by atoms with E-state index in [1.54, 1.807) is 37.2 Å². The molecule has 0 bridgehead atoms. The molecule has 600 valence electrons. The molecular formula is C82H94Cl3N23O7. The third kappa shape index (κ3) is 16.3. The van der Waals surface area contributed by atoms with E-state index in [2.05, 4.69) is 126 Å². The zero-order valence-corrected chi connectivity index (χ0v) is 67.9. The Bertz CT molecular complexity index is 5620. The number of anilines is 3. The van der Waals surface area contributed by atoms with Crippen LogP contribution in [-0.4, -0.2) is 131 Å². The Hall–Kier alpha value is -10.5. The van der Waals surface area contributed by atoms with Crippen LogP contribution in [0, 0.1) is 48.3 Å². The first-order valence-electron chi connectivity index (χ1n) is 40.6. The van der Waals surface area contributed by atoms with Crippen LogP contribution in [0.2, 0.25) is 15.1 Å². The molecule has 1 unspecified atom stereocenters. The van der Waals surface area contributed by atoms with E-state index < -0.39 is 17.3 Å². The summed E-state index contributed by atoms with van der Waals surface area (Å²) in [4.78, 5) is 93.8. The molecule has 0 spiro atoms. The van der Waals surface area contributed by atoms with Gasteiger partial charge in [-0.3, -0.25) is 43.5 Å². The van der Waals surface area contributed by atoms with Crippen molar-refractivity contribution >= 4 is 85.7 Å². The lowest BCUT2D eigenvalue weighted by atomic mass is 9.83. The first kappa shape index (κ1) is 77.1. The molecule has 19 rings (SSSR count). The molecule has 3 saturated carbocycles. The van der Waals surface area contributed by atoms with E-state index in [9.17, 15) is 14.4 Å². The van der Waals surface area contributed by atoms with Crippen LogP contribution in [0.15, 0.2) is 106 Å². The highest BCUT2D eigenvalue weighted by molar-refractivity contribution is 6.31. The van der Waals surface area contributed by atoms with E-state index in [-0.39, 0.29) is 23.5 Å². The maximum Gasteiger partial charge on any atom is 0.439 e. The zero-order valence-electron chi connectivity index (χ0n) is 65.6. The number of aromatic amines is 3. The van der Waals surface area contributed by atoms with Crippen molar-refractivity contribution in [2.75, 3.05) is 34.3 Å². The Balaban J connectivity index is 0.000000125. The molecule has 6 aliphatic rings. The van der Waals surface area contributed by atoms with Crippen molar-refractivity contribution in [2.45, 2.75) is 202 Å². The van der Waals surface area contributed by atoms with Crippen molar-refractivity contribution < 1.29 is 18.2 Å². The molecule has 13 aromatic rings. The normalized spacial score (nSPS) is 22.6. The van der Waals surface area contributed by atoms with Gasteiger partial charge in [-0.05, 0) is 176 Å². The van der Waals surface area contributed by atoms with Crippen molar-refractivity contribution in [3.8, 4) is 68.3 Å². The fourth-order valence-electron chi connectivity index (χ4n) is 18.3. The SMILES string of the molecule is CC1CCC(Cn2c(N3CCCC[C@H]3C)nc3cc(-c4noc(=O)[nH]4)nc(-c4cncc(Cl)c4)c32)CC1.CC1CCC(Cn2c(N3C[C@H](C)C[C@H]3C)nc3cc(-c4noc(=O)[nH]4)nc(-c4cncc(Cl)c4)c32)CC1.Cc1nonc1C1CCCN1c1nc2cc(-c3noc(=O)[nH]3)nc(-c3cncc(Cl)c3)c2n1CC1CCC(C)CC1. The second-order valence-electron chi connectivity index (χ2n) is 33.1. The largest absolute Gasteiger partial charge is 0.439 e. The molecule has 13 aromatic heterocycles. The number of aromatic nitrogens is 20. The summed E-state index contributed by atoms with van der Waals surface area (Å²) >= 11 is 19.1. The number of piperidine rings is 1. The van der Waals surface area contributed by atoms with Gasteiger partial charge in [0, 0.05) is 105 Å². The van der Waals surface area contributed by atoms with Gasteiger partial charge in [0.25, 0.3) is 0 Å². The summed E-state index contributed by atoms with van der Waals surface area (Å²) in [6, 6.07) is 12.0. The number of hydrogen-bond donors (Lipinski definition) is 3. The lowest BCUT2D eigenvalue weighted by molar-refractivity contribution is 0.266. The van der Waals surface area contributed by atoms with Crippen LogP contribution in [0.25, 0.3) is 101 Å². The predicted octanol–water partition coefficient (Wildman–Crippen LogP) is 16.6. The van der Waals surface area contributed by atoms with Crippen molar-refractivity contribution in [3.05, 3.63) is 132 Å². The molecule has 3 saturated heterocycles. The van der Waals surface area contributed by atoms with Crippen LogP contribution >= 0.6 is 34.8 Å². The van der Waals surface area contributed by atoms with Crippen molar-refractivity contribution in [1.82, 2.24) is 99.3 Å². The zero-order chi connectivity index (χ0) is 79.3. The van der Waals surface area contributed by atoms with Gasteiger partial charge in [-0.25, -0.2) is 48.9 Å². The minimum absolute atomic E-state index is 0.00111. The lowest BCUT2D eigenvalue weighted by Gasteiger charge is -2.35. The van der Waals surface area contributed by atoms with Crippen LogP contribution in [0.4, 0.5) is 17.8 Å². The topological polar surface area (TPSA) is 356 Å². The molecule has 3 aliphatic carbocycles. The molecule has 33 heteroatoms. The van der Waals surface area contributed by atoms with Gasteiger partial charge in [0.15, 0.2) is 0 Å². The Labute approximate surface area is 677 Å². The van der Waals surface area contributed by atoms with Gasteiger partial charge in [0.2, 0.25) is 35.3 Å². The molecule has 0 amide bonds. The third-order valence-corrected chi connectivity index (χ3v) is 25.1. The summed E-state index contributed by atoms with van der Waals surface area (Å²) in [6.45, 7) is 21.2. The second kappa shape index (κ2) is 33.0. The highest BCUT2D eigenvalue weighted by Crippen LogP contribution is 2.45. The van der Waals surface area contributed by atoms with Gasteiger partial charge < -0.3 is 28.4 Å². The number of nitrogens with zero attached hydrogens (tertiary/aromatic N) is 20. The molecule has 6 fully saturated rings. The number of fused-ring (bicyclic) bond motifs is 3. The fraction of sp³-hybridized carbons (Fsp3) is 0.500. The van der Waals surface area contributed by atoms with E-state index in [1.165, 1.54) is 70.6 Å². The molecule has 16 heterocycles. The average molecular weight is 1620 g/mol. The monoisotopic (exact) mass is 1620 g/mol. The molecule has 3 N–H and O–H groups in total. The van der Waals surface area contributed by atoms with E-state index in [1.807, 2.05) is 43.3 Å². The standard InChI is InChI=1S/C28H30ClN9O3.2C27H32ClN7O2/c1-15-5-7-17(8-6-15)14-38-25-20(32-27(38)37-9-3-4-22(37)23-16(2)34-41-35-23)11-21(26-33-28(39)40-36-26)31-24(25)18-10-19(29)13-30-12-18;1-15-4-6-18(7-5-15)14-35-24-21(31-26(35)34-13-16(2)8-17(34)3)10-22(25-32-27(36)37-33-25)30-23(24)19-9-20(28)12-29-11-19;1-16-6-8-18(9-7-16)15-35-24-21(31-26(35)34-10-4-3-5-17(34)2)12-22(25-32-27(36)37-33-25)30-23(24)19-11-20(28)14-29-13-19/h10-13,15,17,22H,3-9,14H2,1-2H3,(H,33,36,39);9-12,15-18H,4-8,13-14H2,1-3H3,(H,32,33,36);11-14,16-18H,3-10,15H2,1-2H3,(H,32,33,36)/t;15?,16-,17-,18?;16?,17-,18?/m.11/s1. The lowest BCUT2D eigenvalue weighted by Crippen LogP contribution is -2.39. The Kier molecular flexibility index (Phi) is 22.2. The number of pyridine rings is 6. The summed E-state index contributed by atoms with van der Waals surface area (Å²) in [7, 11) is 0. The molecule has 4 atom stereocenters. The Morgan fingerprint density at radius 2 is 0.800 bits per heavy atom. The van der Waals surface area contributed by atoms with Crippen molar-refractivity contribution in [1.29, 1.82) is 0 Å². The summed E-state index contributed by atoms with van der Waals surface area (Å²) in [6.07, 6.45) is 31.4.